The largest absolute Gasteiger partial charge is 0.493 e. The Balaban J connectivity index is 1.62. The van der Waals surface area contributed by atoms with E-state index in [0.29, 0.717) is 0 Å². The summed E-state index contributed by atoms with van der Waals surface area (Å²) in [6.07, 6.45) is 6.14. The van der Waals surface area contributed by atoms with Crippen LogP contribution in [0.3, 0.4) is 0 Å². The fraction of sp³-hybridized carbons (Fsp3) is 0.696. The Kier molecular flexibility index (Phi) is 8.63. The molecule has 7 heteroatoms. The van der Waals surface area contributed by atoms with Crippen LogP contribution in [0, 0.1) is 0 Å². The number of aliphatic imine (C=N–C) groups is 1. The van der Waals surface area contributed by atoms with Gasteiger partial charge in [-0.05, 0) is 30.5 Å². The Morgan fingerprint density at radius 2 is 1.80 bits per heavy atom. The summed E-state index contributed by atoms with van der Waals surface area (Å²) >= 11 is 0. The van der Waals surface area contributed by atoms with E-state index in [1.165, 1.54) is 37.7 Å². The van der Waals surface area contributed by atoms with Gasteiger partial charge in [-0.25, -0.2) is 0 Å². The highest BCUT2D eigenvalue weighted by atomic mass is 16.5. The molecule has 1 aromatic rings. The van der Waals surface area contributed by atoms with Crippen LogP contribution in [0.2, 0.25) is 0 Å². The van der Waals surface area contributed by atoms with E-state index in [-0.39, 0.29) is 5.41 Å². The van der Waals surface area contributed by atoms with Crippen molar-refractivity contribution in [2.45, 2.75) is 37.5 Å². The van der Waals surface area contributed by atoms with Gasteiger partial charge in [-0.2, -0.15) is 0 Å². The minimum absolute atomic E-state index is 0.0830. The second-order valence-electron chi connectivity index (χ2n) is 8.22. The number of hydrogen-bond donors (Lipinski definition) is 2. The lowest BCUT2D eigenvalue weighted by Crippen LogP contribution is -2.48. The molecule has 1 heterocycles. The molecule has 0 aromatic heterocycles. The molecule has 3 rings (SSSR count). The summed E-state index contributed by atoms with van der Waals surface area (Å²) in [4.78, 5) is 6.87. The molecule has 0 spiro atoms. The highest BCUT2D eigenvalue weighted by Gasteiger charge is 2.34. The number of guanidine groups is 1. The molecule has 1 aliphatic carbocycles. The number of nitrogens with zero attached hydrogens (tertiary/aromatic N) is 2. The van der Waals surface area contributed by atoms with E-state index >= 15 is 0 Å². The molecular weight excluding hydrogens is 380 g/mol. The zero-order valence-electron chi connectivity index (χ0n) is 18.8. The minimum Gasteiger partial charge on any atom is -0.493 e. The van der Waals surface area contributed by atoms with Crippen molar-refractivity contribution in [3.05, 3.63) is 23.8 Å². The molecule has 168 valence electrons. The van der Waals surface area contributed by atoms with Crippen molar-refractivity contribution in [2.75, 3.05) is 67.2 Å². The molecule has 0 atom stereocenters. The van der Waals surface area contributed by atoms with Crippen molar-refractivity contribution in [3.8, 4) is 11.5 Å². The number of hydrogen-bond acceptors (Lipinski definition) is 5. The second-order valence-corrected chi connectivity index (χ2v) is 8.22. The molecular formula is C23H38N4O3. The van der Waals surface area contributed by atoms with E-state index in [0.717, 1.165) is 63.4 Å². The molecule has 2 N–H and O–H groups in total. The lowest BCUT2D eigenvalue weighted by molar-refractivity contribution is 0.0389. The lowest BCUT2D eigenvalue weighted by atomic mass is 9.69. The summed E-state index contributed by atoms with van der Waals surface area (Å²) < 4.78 is 16.4. The predicted octanol–water partition coefficient (Wildman–Crippen LogP) is 2.40. The van der Waals surface area contributed by atoms with Crippen LogP contribution < -0.4 is 20.1 Å². The van der Waals surface area contributed by atoms with E-state index in [2.05, 4.69) is 32.7 Å². The fourth-order valence-corrected chi connectivity index (χ4v) is 4.59. The van der Waals surface area contributed by atoms with Gasteiger partial charge in [-0.15, -0.1) is 0 Å². The lowest BCUT2D eigenvalue weighted by Gasteiger charge is -2.38. The Morgan fingerprint density at radius 1 is 1.07 bits per heavy atom. The Morgan fingerprint density at radius 3 is 2.47 bits per heavy atom. The molecule has 1 aliphatic heterocycles. The van der Waals surface area contributed by atoms with Gasteiger partial charge < -0.3 is 24.8 Å². The maximum absolute atomic E-state index is 5.58. The maximum Gasteiger partial charge on any atom is 0.191 e. The van der Waals surface area contributed by atoms with Crippen LogP contribution in [0.5, 0.6) is 11.5 Å². The zero-order chi connectivity index (χ0) is 21.2. The topological polar surface area (TPSA) is 67.4 Å². The Labute approximate surface area is 181 Å². The minimum atomic E-state index is 0.0830. The van der Waals surface area contributed by atoms with E-state index in [4.69, 9.17) is 14.2 Å². The highest BCUT2D eigenvalue weighted by Crippen LogP contribution is 2.42. The van der Waals surface area contributed by atoms with Gasteiger partial charge in [0.2, 0.25) is 0 Å². The molecule has 7 nitrogen and oxygen atoms in total. The van der Waals surface area contributed by atoms with E-state index in [9.17, 15) is 0 Å². The number of methoxy groups -OCH3 is 2. The van der Waals surface area contributed by atoms with Gasteiger partial charge >= 0.3 is 0 Å². The molecule has 1 saturated carbocycles. The Bertz CT molecular complexity index is 683. The quantitative estimate of drug-likeness (QED) is 0.499. The average Bonchev–Trinajstić information content (AvgIpc) is 2.82. The first-order valence-corrected chi connectivity index (χ1v) is 11.2. The van der Waals surface area contributed by atoms with Crippen LogP contribution in [0.1, 0.15) is 37.7 Å². The number of benzene rings is 1. The third-order valence-electron chi connectivity index (χ3n) is 6.45. The van der Waals surface area contributed by atoms with Gasteiger partial charge in [0, 0.05) is 45.2 Å². The van der Waals surface area contributed by atoms with Gasteiger partial charge in [-0.3, -0.25) is 9.89 Å². The van der Waals surface area contributed by atoms with Gasteiger partial charge in [0.15, 0.2) is 17.5 Å². The second kappa shape index (κ2) is 11.4. The van der Waals surface area contributed by atoms with Crippen molar-refractivity contribution >= 4 is 5.96 Å². The summed E-state index contributed by atoms with van der Waals surface area (Å²) in [5.41, 5.74) is 1.40. The first-order chi connectivity index (χ1) is 14.7. The summed E-state index contributed by atoms with van der Waals surface area (Å²) in [6.45, 7) is 6.43. The number of rotatable bonds is 8. The molecule has 0 radical (unpaired) electrons. The fourth-order valence-electron chi connectivity index (χ4n) is 4.59. The van der Waals surface area contributed by atoms with Gasteiger partial charge in [0.05, 0.1) is 27.4 Å². The first-order valence-electron chi connectivity index (χ1n) is 11.2. The SMILES string of the molecule is CN=C(NCCN1CCOCC1)NCC1(c2ccc(OC)c(OC)c2)CCCCC1. The number of nitrogens with one attached hydrogen (secondary N) is 2. The van der Waals surface area contributed by atoms with Crippen LogP contribution in [0.15, 0.2) is 23.2 Å². The highest BCUT2D eigenvalue weighted by molar-refractivity contribution is 5.79. The predicted molar refractivity (Wildman–Crippen MR) is 121 cm³/mol. The molecule has 2 aliphatic rings. The molecule has 1 aromatic carbocycles. The zero-order valence-corrected chi connectivity index (χ0v) is 18.8. The summed E-state index contributed by atoms with van der Waals surface area (Å²) in [6, 6.07) is 6.38. The van der Waals surface area contributed by atoms with E-state index in [1.807, 2.05) is 13.1 Å². The van der Waals surface area contributed by atoms with Crippen molar-refractivity contribution in [3.63, 3.8) is 0 Å². The maximum atomic E-state index is 5.58. The molecule has 30 heavy (non-hydrogen) atoms. The molecule has 0 bridgehead atoms. The van der Waals surface area contributed by atoms with Crippen LogP contribution in [0.4, 0.5) is 0 Å². The normalized spacial score (nSPS) is 19.9. The van der Waals surface area contributed by atoms with Gasteiger partial charge in [0.1, 0.15) is 0 Å². The van der Waals surface area contributed by atoms with E-state index in [1.54, 1.807) is 14.2 Å². The monoisotopic (exact) mass is 418 g/mol. The van der Waals surface area contributed by atoms with Crippen molar-refractivity contribution < 1.29 is 14.2 Å². The summed E-state index contributed by atoms with van der Waals surface area (Å²) in [5, 5.41) is 7.08. The van der Waals surface area contributed by atoms with Gasteiger partial charge in [-0.1, -0.05) is 25.3 Å². The van der Waals surface area contributed by atoms with Gasteiger partial charge in [0.25, 0.3) is 0 Å². The molecule has 1 saturated heterocycles. The summed E-state index contributed by atoms with van der Waals surface area (Å²) in [5.74, 6) is 2.45. The molecule has 2 fully saturated rings. The first kappa shape index (κ1) is 22.7. The standard InChI is InChI=1S/C23H38N4O3/c1-24-22(25-11-12-27-13-15-30-16-14-27)26-18-23(9-5-4-6-10-23)19-7-8-20(28-2)21(17-19)29-3/h7-8,17H,4-6,9-16,18H2,1-3H3,(H2,24,25,26). The third-order valence-corrected chi connectivity index (χ3v) is 6.45. The van der Waals surface area contributed by atoms with Crippen molar-refractivity contribution in [1.82, 2.24) is 15.5 Å². The smallest absolute Gasteiger partial charge is 0.191 e. The van der Waals surface area contributed by atoms with Crippen LogP contribution >= 0.6 is 0 Å². The van der Waals surface area contributed by atoms with Crippen molar-refractivity contribution in [1.29, 1.82) is 0 Å². The van der Waals surface area contributed by atoms with Crippen LogP contribution in [-0.2, 0) is 10.2 Å². The Hall–Kier alpha value is -1.99. The van der Waals surface area contributed by atoms with E-state index < -0.39 is 0 Å². The number of ether oxygens (including phenoxy) is 3. The van der Waals surface area contributed by atoms with Crippen LogP contribution in [-0.4, -0.2) is 78.1 Å². The molecule has 0 amide bonds. The summed E-state index contributed by atoms with van der Waals surface area (Å²) in [7, 11) is 5.23. The third kappa shape index (κ3) is 5.79. The molecule has 0 unspecified atom stereocenters. The average molecular weight is 419 g/mol. The number of morpholine rings is 1. The van der Waals surface area contributed by atoms with Crippen LogP contribution in [0.25, 0.3) is 0 Å². The van der Waals surface area contributed by atoms with Crippen molar-refractivity contribution in [2.24, 2.45) is 4.99 Å².